The number of amides is 1. The fourth-order valence-corrected chi connectivity index (χ4v) is 2.77. The molecule has 122 valence electrons. The summed E-state index contributed by atoms with van der Waals surface area (Å²) >= 11 is 0. The van der Waals surface area contributed by atoms with Crippen LogP contribution >= 0.6 is 0 Å². The van der Waals surface area contributed by atoms with Crippen molar-refractivity contribution < 1.29 is 4.79 Å². The second kappa shape index (κ2) is 7.59. The van der Waals surface area contributed by atoms with Gasteiger partial charge in [-0.3, -0.25) is 4.79 Å². The first-order valence-electron chi connectivity index (χ1n) is 8.22. The van der Waals surface area contributed by atoms with Crippen LogP contribution in [0.5, 0.6) is 0 Å². The van der Waals surface area contributed by atoms with E-state index in [9.17, 15) is 4.79 Å². The van der Waals surface area contributed by atoms with Gasteiger partial charge >= 0.3 is 0 Å². The number of rotatable bonds is 6. The van der Waals surface area contributed by atoms with Crippen molar-refractivity contribution in [1.82, 2.24) is 14.9 Å². The first kappa shape index (κ1) is 16.0. The molecule has 1 heterocycles. The third-order valence-electron chi connectivity index (χ3n) is 3.89. The Balaban J connectivity index is 1.98. The highest BCUT2D eigenvalue weighted by molar-refractivity contribution is 5.79. The molecule has 1 amide bonds. The van der Waals surface area contributed by atoms with Gasteiger partial charge in [0.25, 0.3) is 0 Å². The van der Waals surface area contributed by atoms with Gasteiger partial charge in [0.2, 0.25) is 5.91 Å². The standard InChI is InChI=1S/C20H21N3O/c1-2-21-18(24)13-14-23-15-22-19(16-9-5-3-6-10-16)20(23)17-11-7-4-8-12-17/h3-12,15H,2,13-14H2,1H3,(H,21,24). The van der Waals surface area contributed by atoms with Crippen LogP contribution in [0, 0.1) is 0 Å². The van der Waals surface area contributed by atoms with E-state index >= 15 is 0 Å². The lowest BCUT2D eigenvalue weighted by Gasteiger charge is -2.11. The van der Waals surface area contributed by atoms with Crippen LogP contribution in [0.4, 0.5) is 0 Å². The largest absolute Gasteiger partial charge is 0.356 e. The first-order valence-corrected chi connectivity index (χ1v) is 8.22. The summed E-state index contributed by atoms with van der Waals surface area (Å²) in [6, 6.07) is 20.3. The molecule has 0 saturated carbocycles. The minimum absolute atomic E-state index is 0.0615. The Morgan fingerprint density at radius 1 is 1.00 bits per heavy atom. The Morgan fingerprint density at radius 2 is 1.62 bits per heavy atom. The maximum Gasteiger partial charge on any atom is 0.221 e. The van der Waals surface area contributed by atoms with E-state index in [4.69, 9.17) is 0 Å². The number of carbonyl (C=O) groups excluding carboxylic acids is 1. The van der Waals surface area contributed by atoms with E-state index in [1.807, 2.05) is 49.6 Å². The van der Waals surface area contributed by atoms with Gasteiger partial charge in [-0.25, -0.2) is 4.98 Å². The zero-order chi connectivity index (χ0) is 16.8. The monoisotopic (exact) mass is 319 g/mol. The summed E-state index contributed by atoms with van der Waals surface area (Å²) < 4.78 is 2.06. The number of hydrogen-bond acceptors (Lipinski definition) is 2. The van der Waals surface area contributed by atoms with E-state index < -0.39 is 0 Å². The number of aryl methyl sites for hydroxylation is 1. The lowest BCUT2D eigenvalue weighted by molar-refractivity contribution is -0.121. The molecule has 4 heteroatoms. The first-order chi connectivity index (χ1) is 11.8. The average Bonchev–Trinajstić information content (AvgIpc) is 3.06. The molecular formula is C20H21N3O. The summed E-state index contributed by atoms with van der Waals surface area (Å²) in [4.78, 5) is 16.4. The molecule has 0 spiro atoms. The van der Waals surface area contributed by atoms with Crippen LogP contribution in [0.1, 0.15) is 13.3 Å². The molecule has 1 N–H and O–H groups in total. The molecule has 4 nitrogen and oxygen atoms in total. The van der Waals surface area contributed by atoms with Gasteiger partial charge in [-0.2, -0.15) is 0 Å². The Morgan fingerprint density at radius 3 is 2.25 bits per heavy atom. The van der Waals surface area contributed by atoms with Gasteiger partial charge in [-0.1, -0.05) is 60.7 Å². The second-order valence-electron chi connectivity index (χ2n) is 5.57. The minimum atomic E-state index is 0.0615. The summed E-state index contributed by atoms with van der Waals surface area (Å²) in [6.45, 7) is 3.19. The van der Waals surface area contributed by atoms with Crippen LogP contribution in [0.3, 0.4) is 0 Å². The lowest BCUT2D eigenvalue weighted by Crippen LogP contribution is -2.23. The molecule has 0 unspecified atom stereocenters. The normalized spacial score (nSPS) is 10.5. The summed E-state index contributed by atoms with van der Waals surface area (Å²) in [5, 5.41) is 2.84. The second-order valence-corrected chi connectivity index (χ2v) is 5.57. The van der Waals surface area contributed by atoms with E-state index in [0.29, 0.717) is 19.5 Å². The van der Waals surface area contributed by atoms with E-state index in [0.717, 1.165) is 22.5 Å². The van der Waals surface area contributed by atoms with Gasteiger partial charge in [-0.15, -0.1) is 0 Å². The molecule has 0 aliphatic heterocycles. The van der Waals surface area contributed by atoms with Gasteiger partial charge in [0, 0.05) is 30.6 Å². The van der Waals surface area contributed by atoms with E-state index in [1.165, 1.54) is 0 Å². The van der Waals surface area contributed by atoms with Crippen LogP contribution in [0.2, 0.25) is 0 Å². The molecule has 2 aromatic carbocycles. The number of benzene rings is 2. The van der Waals surface area contributed by atoms with Crippen molar-refractivity contribution in [2.24, 2.45) is 0 Å². The van der Waals surface area contributed by atoms with Crippen molar-refractivity contribution in [1.29, 1.82) is 0 Å². The molecule has 0 aliphatic carbocycles. The number of hydrogen-bond donors (Lipinski definition) is 1. The number of nitrogens with zero attached hydrogens (tertiary/aromatic N) is 2. The topological polar surface area (TPSA) is 46.9 Å². The Hall–Kier alpha value is -2.88. The Labute approximate surface area is 142 Å². The van der Waals surface area contributed by atoms with Gasteiger partial charge in [0.05, 0.1) is 17.7 Å². The maximum absolute atomic E-state index is 11.8. The summed E-state index contributed by atoms with van der Waals surface area (Å²) in [5.74, 6) is 0.0615. The lowest BCUT2D eigenvalue weighted by atomic mass is 10.0. The van der Waals surface area contributed by atoms with Crippen molar-refractivity contribution in [3.8, 4) is 22.5 Å². The molecule has 0 saturated heterocycles. The van der Waals surface area contributed by atoms with Crippen LogP contribution in [-0.4, -0.2) is 22.0 Å². The molecule has 0 aliphatic rings. The van der Waals surface area contributed by atoms with Gasteiger partial charge in [0.15, 0.2) is 0 Å². The number of imidazole rings is 1. The highest BCUT2D eigenvalue weighted by Gasteiger charge is 2.15. The number of aromatic nitrogens is 2. The molecule has 0 fully saturated rings. The molecule has 0 radical (unpaired) electrons. The summed E-state index contributed by atoms with van der Waals surface area (Å²) in [7, 11) is 0. The van der Waals surface area contributed by atoms with Crippen molar-refractivity contribution in [2.75, 3.05) is 6.54 Å². The van der Waals surface area contributed by atoms with E-state index in [2.05, 4.69) is 39.1 Å². The summed E-state index contributed by atoms with van der Waals surface area (Å²) in [6.07, 6.45) is 2.27. The SMILES string of the molecule is CCNC(=O)CCn1cnc(-c2ccccc2)c1-c1ccccc1. The van der Waals surface area contributed by atoms with Crippen LogP contribution in [-0.2, 0) is 11.3 Å². The molecule has 1 aromatic heterocycles. The quantitative estimate of drug-likeness (QED) is 0.752. The van der Waals surface area contributed by atoms with E-state index in [-0.39, 0.29) is 5.91 Å². The van der Waals surface area contributed by atoms with Crippen molar-refractivity contribution >= 4 is 5.91 Å². The third-order valence-corrected chi connectivity index (χ3v) is 3.89. The van der Waals surface area contributed by atoms with Crippen molar-refractivity contribution in [3.63, 3.8) is 0 Å². The number of carbonyl (C=O) groups is 1. The molecule has 0 bridgehead atoms. The minimum Gasteiger partial charge on any atom is -0.356 e. The van der Waals surface area contributed by atoms with Crippen LogP contribution < -0.4 is 5.32 Å². The van der Waals surface area contributed by atoms with Crippen molar-refractivity contribution in [2.45, 2.75) is 19.9 Å². The summed E-state index contributed by atoms with van der Waals surface area (Å²) in [5.41, 5.74) is 4.17. The average molecular weight is 319 g/mol. The fourth-order valence-electron chi connectivity index (χ4n) is 2.77. The fraction of sp³-hybridized carbons (Fsp3) is 0.200. The zero-order valence-corrected chi connectivity index (χ0v) is 13.8. The zero-order valence-electron chi connectivity index (χ0n) is 13.8. The van der Waals surface area contributed by atoms with Crippen molar-refractivity contribution in [3.05, 3.63) is 67.0 Å². The van der Waals surface area contributed by atoms with Crippen LogP contribution in [0.15, 0.2) is 67.0 Å². The molecule has 0 atom stereocenters. The van der Waals surface area contributed by atoms with Gasteiger partial charge in [-0.05, 0) is 6.92 Å². The highest BCUT2D eigenvalue weighted by Crippen LogP contribution is 2.31. The van der Waals surface area contributed by atoms with E-state index in [1.54, 1.807) is 0 Å². The highest BCUT2D eigenvalue weighted by atomic mass is 16.1. The molecule has 24 heavy (non-hydrogen) atoms. The molecular weight excluding hydrogens is 298 g/mol. The molecule has 3 aromatic rings. The van der Waals surface area contributed by atoms with Gasteiger partial charge in [0.1, 0.15) is 0 Å². The third kappa shape index (κ3) is 3.54. The van der Waals surface area contributed by atoms with Gasteiger partial charge < -0.3 is 9.88 Å². The molecule has 3 rings (SSSR count). The maximum atomic E-state index is 11.8. The predicted molar refractivity (Wildman–Crippen MR) is 96.4 cm³/mol. The number of nitrogens with one attached hydrogen (secondary N) is 1. The Kier molecular flexibility index (Phi) is 5.06. The Bertz CT molecular complexity index is 794. The van der Waals surface area contributed by atoms with Crippen LogP contribution in [0.25, 0.3) is 22.5 Å². The smallest absolute Gasteiger partial charge is 0.221 e. The predicted octanol–water partition coefficient (Wildman–Crippen LogP) is 3.74.